The van der Waals surface area contributed by atoms with Crippen molar-refractivity contribution >= 4 is 11.9 Å². The fourth-order valence-corrected chi connectivity index (χ4v) is 1.51. The second-order valence-electron chi connectivity index (χ2n) is 3.87. The number of carboxylic acids is 1. The van der Waals surface area contributed by atoms with Crippen molar-refractivity contribution < 1.29 is 19.4 Å². The number of nitrogens with zero attached hydrogens (tertiary/aromatic N) is 1. The topological polar surface area (TPSA) is 78.9 Å². The number of hydrogen-bond donors (Lipinski definition) is 2. The van der Waals surface area contributed by atoms with Crippen molar-refractivity contribution in [2.45, 2.75) is 25.8 Å². The van der Waals surface area contributed by atoms with Crippen LogP contribution < -0.4 is 5.32 Å². The third kappa shape index (κ3) is 6.91. The van der Waals surface area contributed by atoms with Gasteiger partial charge in [-0.3, -0.25) is 14.5 Å². The van der Waals surface area contributed by atoms with Gasteiger partial charge in [0.15, 0.2) is 0 Å². The van der Waals surface area contributed by atoms with E-state index in [0.717, 1.165) is 6.42 Å². The van der Waals surface area contributed by atoms with Gasteiger partial charge in [0, 0.05) is 20.3 Å². The van der Waals surface area contributed by atoms with E-state index < -0.39 is 12.0 Å². The molecule has 0 saturated carbocycles. The molecule has 6 heteroatoms. The molecule has 1 unspecified atom stereocenters. The van der Waals surface area contributed by atoms with E-state index in [-0.39, 0.29) is 12.5 Å². The average molecular weight is 246 g/mol. The molecule has 100 valence electrons. The highest BCUT2D eigenvalue weighted by Crippen LogP contribution is 2.01. The van der Waals surface area contributed by atoms with Crippen LogP contribution in [0.15, 0.2) is 0 Å². The lowest BCUT2D eigenvalue weighted by Gasteiger charge is -2.22. The minimum Gasteiger partial charge on any atom is -0.480 e. The maximum atomic E-state index is 11.5. The molecule has 6 nitrogen and oxygen atoms in total. The summed E-state index contributed by atoms with van der Waals surface area (Å²) >= 11 is 0. The van der Waals surface area contributed by atoms with Gasteiger partial charge < -0.3 is 15.2 Å². The van der Waals surface area contributed by atoms with E-state index in [1.807, 2.05) is 0 Å². The van der Waals surface area contributed by atoms with Crippen LogP contribution in [0.25, 0.3) is 0 Å². The number of carbonyl (C=O) groups is 2. The monoisotopic (exact) mass is 246 g/mol. The third-order valence-corrected chi connectivity index (χ3v) is 2.44. The van der Waals surface area contributed by atoms with Crippen LogP contribution in [0, 0.1) is 0 Å². The molecule has 0 aliphatic rings. The van der Waals surface area contributed by atoms with Gasteiger partial charge in [-0.2, -0.15) is 0 Å². The number of ether oxygens (including phenoxy) is 1. The Hall–Kier alpha value is -1.14. The predicted molar refractivity (Wildman–Crippen MR) is 63.8 cm³/mol. The molecule has 0 rings (SSSR count). The molecular formula is C11H22N2O4. The molecule has 0 fully saturated rings. The number of nitrogens with one attached hydrogen (secondary N) is 1. The van der Waals surface area contributed by atoms with Crippen molar-refractivity contribution in [2.24, 2.45) is 0 Å². The summed E-state index contributed by atoms with van der Waals surface area (Å²) in [4.78, 5) is 23.9. The van der Waals surface area contributed by atoms with Gasteiger partial charge in [-0.25, -0.2) is 0 Å². The first-order valence-electron chi connectivity index (χ1n) is 5.71. The minimum atomic E-state index is -0.901. The van der Waals surface area contributed by atoms with Gasteiger partial charge >= 0.3 is 5.97 Å². The lowest BCUT2D eigenvalue weighted by molar-refractivity contribution is -0.143. The van der Waals surface area contributed by atoms with E-state index in [2.05, 4.69) is 5.32 Å². The van der Waals surface area contributed by atoms with Crippen molar-refractivity contribution in [1.82, 2.24) is 10.2 Å². The molecule has 0 aliphatic heterocycles. The summed E-state index contributed by atoms with van der Waals surface area (Å²) in [5.74, 6) is -1.06. The van der Waals surface area contributed by atoms with Crippen LogP contribution in [-0.2, 0) is 14.3 Å². The summed E-state index contributed by atoms with van der Waals surface area (Å²) < 4.78 is 4.85. The van der Waals surface area contributed by atoms with Crippen molar-refractivity contribution in [3.63, 3.8) is 0 Å². The van der Waals surface area contributed by atoms with Crippen molar-refractivity contribution in [1.29, 1.82) is 0 Å². The highest BCUT2D eigenvalue weighted by atomic mass is 16.5. The van der Waals surface area contributed by atoms with Gasteiger partial charge in [0.1, 0.15) is 6.04 Å². The zero-order valence-electron chi connectivity index (χ0n) is 10.7. The molecule has 0 aromatic rings. The van der Waals surface area contributed by atoms with Crippen LogP contribution in [-0.4, -0.2) is 61.8 Å². The molecule has 0 heterocycles. The first kappa shape index (κ1) is 15.9. The van der Waals surface area contributed by atoms with E-state index in [4.69, 9.17) is 9.84 Å². The number of likely N-dealkylation sites (N-methyl/N-ethyl adjacent to an activating group) is 1. The van der Waals surface area contributed by atoms with E-state index in [1.165, 1.54) is 4.90 Å². The molecule has 1 atom stereocenters. The van der Waals surface area contributed by atoms with Crippen LogP contribution in [0.4, 0.5) is 0 Å². The first-order chi connectivity index (χ1) is 8.02. The van der Waals surface area contributed by atoms with Crippen LogP contribution in [0.3, 0.4) is 0 Å². The van der Waals surface area contributed by atoms with Crippen molar-refractivity contribution in [3.8, 4) is 0 Å². The number of hydrogen-bond acceptors (Lipinski definition) is 4. The number of amides is 1. The molecule has 0 aliphatic carbocycles. The van der Waals surface area contributed by atoms with E-state index in [9.17, 15) is 9.59 Å². The Morgan fingerprint density at radius 2 is 2.12 bits per heavy atom. The Morgan fingerprint density at radius 1 is 1.47 bits per heavy atom. The molecule has 2 N–H and O–H groups in total. The van der Waals surface area contributed by atoms with Gasteiger partial charge in [-0.05, 0) is 19.9 Å². The maximum absolute atomic E-state index is 11.5. The summed E-state index contributed by atoms with van der Waals surface area (Å²) in [5.41, 5.74) is 0. The Labute approximate surface area is 102 Å². The minimum absolute atomic E-state index is 0.0950. The third-order valence-electron chi connectivity index (χ3n) is 2.44. The Morgan fingerprint density at radius 3 is 2.59 bits per heavy atom. The fraction of sp³-hybridized carbons (Fsp3) is 0.818. The normalized spacial score (nSPS) is 12.5. The maximum Gasteiger partial charge on any atom is 0.320 e. The average Bonchev–Trinajstić information content (AvgIpc) is 2.24. The summed E-state index contributed by atoms with van der Waals surface area (Å²) in [5, 5.41) is 11.6. The summed E-state index contributed by atoms with van der Waals surface area (Å²) in [7, 11) is 3.24. The van der Waals surface area contributed by atoms with Gasteiger partial charge in [0.2, 0.25) is 5.91 Å². The van der Waals surface area contributed by atoms with Gasteiger partial charge in [-0.15, -0.1) is 0 Å². The Balaban J connectivity index is 3.89. The van der Waals surface area contributed by atoms with Crippen LogP contribution in [0.1, 0.15) is 19.8 Å². The Bertz CT molecular complexity index is 246. The van der Waals surface area contributed by atoms with Gasteiger partial charge in [0.05, 0.1) is 6.54 Å². The number of methoxy groups -OCH3 is 1. The summed E-state index contributed by atoms with van der Waals surface area (Å²) in [6, 6.07) is -0.611. The molecule has 0 bridgehead atoms. The molecule has 0 spiro atoms. The lowest BCUT2D eigenvalue weighted by atomic mass is 10.2. The van der Waals surface area contributed by atoms with Gasteiger partial charge in [-0.1, -0.05) is 6.92 Å². The standard InChI is InChI=1S/C11H22N2O4/c1-4-9(11(15)16)13(2)8-10(14)12-6-5-7-17-3/h9H,4-8H2,1-3H3,(H,12,14)(H,15,16). The smallest absolute Gasteiger partial charge is 0.320 e. The second-order valence-corrected chi connectivity index (χ2v) is 3.87. The predicted octanol–water partition coefficient (Wildman–Crippen LogP) is -0.0659. The number of aliphatic carboxylic acids is 1. The molecule has 0 aromatic heterocycles. The summed E-state index contributed by atoms with van der Waals surface area (Å²) in [6.45, 7) is 3.02. The zero-order valence-corrected chi connectivity index (χ0v) is 10.7. The van der Waals surface area contributed by atoms with Gasteiger partial charge in [0.25, 0.3) is 0 Å². The number of carbonyl (C=O) groups excluding carboxylic acids is 1. The quantitative estimate of drug-likeness (QED) is 0.557. The molecule has 17 heavy (non-hydrogen) atoms. The van der Waals surface area contributed by atoms with Crippen molar-refractivity contribution in [3.05, 3.63) is 0 Å². The molecule has 1 amide bonds. The van der Waals surface area contributed by atoms with E-state index in [1.54, 1.807) is 21.1 Å². The van der Waals surface area contributed by atoms with Crippen LogP contribution in [0.2, 0.25) is 0 Å². The molecular weight excluding hydrogens is 224 g/mol. The second kappa shape index (κ2) is 8.95. The number of rotatable bonds is 9. The Kier molecular flexibility index (Phi) is 8.35. The lowest BCUT2D eigenvalue weighted by Crippen LogP contribution is -2.44. The van der Waals surface area contributed by atoms with E-state index in [0.29, 0.717) is 19.6 Å². The molecule has 0 saturated heterocycles. The molecule has 0 radical (unpaired) electrons. The fourth-order valence-electron chi connectivity index (χ4n) is 1.51. The highest BCUT2D eigenvalue weighted by Gasteiger charge is 2.21. The number of carboxylic acid groups (broad SMARTS) is 1. The van der Waals surface area contributed by atoms with E-state index >= 15 is 0 Å². The van der Waals surface area contributed by atoms with Crippen LogP contribution >= 0.6 is 0 Å². The SMILES string of the molecule is CCC(C(=O)O)N(C)CC(=O)NCCCOC. The summed E-state index contributed by atoms with van der Waals surface area (Å²) in [6.07, 6.45) is 1.23. The highest BCUT2D eigenvalue weighted by molar-refractivity contribution is 5.79. The zero-order chi connectivity index (χ0) is 13.3. The largest absolute Gasteiger partial charge is 0.480 e. The molecule has 0 aromatic carbocycles. The van der Waals surface area contributed by atoms with Crippen LogP contribution in [0.5, 0.6) is 0 Å². The van der Waals surface area contributed by atoms with Crippen molar-refractivity contribution in [2.75, 3.05) is 33.9 Å². The first-order valence-corrected chi connectivity index (χ1v) is 5.71.